The first-order valence-corrected chi connectivity index (χ1v) is 5.60. The molecule has 2 rings (SSSR count). The fourth-order valence-electron chi connectivity index (χ4n) is 1.64. The lowest BCUT2D eigenvalue weighted by Gasteiger charge is -2.21. The number of hydrogen-bond donors (Lipinski definition) is 2. The standard InChI is InChI=1S/C9H15N3S/c10-5-7-6-12-9(13-7)8-3-1-2-4-11-8/h6,8,11H,1-5,10H2. The summed E-state index contributed by atoms with van der Waals surface area (Å²) in [6.07, 6.45) is 5.73. The molecule has 3 N–H and O–H groups in total. The fourth-order valence-corrected chi connectivity index (χ4v) is 2.55. The van der Waals surface area contributed by atoms with Gasteiger partial charge in [-0.1, -0.05) is 6.42 Å². The number of nitrogens with one attached hydrogen (secondary N) is 1. The summed E-state index contributed by atoms with van der Waals surface area (Å²) in [7, 11) is 0. The molecule has 0 aromatic carbocycles. The molecule has 0 amide bonds. The van der Waals surface area contributed by atoms with Crippen LogP contribution in [0.25, 0.3) is 0 Å². The van der Waals surface area contributed by atoms with Crippen molar-refractivity contribution in [1.29, 1.82) is 0 Å². The van der Waals surface area contributed by atoms with Gasteiger partial charge >= 0.3 is 0 Å². The molecule has 72 valence electrons. The number of nitrogens with two attached hydrogens (primary N) is 1. The predicted molar refractivity (Wildman–Crippen MR) is 54.6 cm³/mol. The molecule has 1 saturated heterocycles. The van der Waals surface area contributed by atoms with Crippen molar-refractivity contribution >= 4 is 11.3 Å². The van der Waals surface area contributed by atoms with Gasteiger partial charge in [-0.15, -0.1) is 11.3 Å². The van der Waals surface area contributed by atoms with Crippen molar-refractivity contribution in [3.05, 3.63) is 16.1 Å². The van der Waals surface area contributed by atoms with E-state index in [1.807, 2.05) is 6.20 Å². The van der Waals surface area contributed by atoms with Crippen LogP contribution in [-0.4, -0.2) is 11.5 Å². The van der Waals surface area contributed by atoms with Crippen LogP contribution in [0.5, 0.6) is 0 Å². The predicted octanol–water partition coefficient (Wildman–Crippen LogP) is 1.42. The Morgan fingerprint density at radius 2 is 2.54 bits per heavy atom. The lowest BCUT2D eigenvalue weighted by atomic mass is 10.1. The summed E-state index contributed by atoms with van der Waals surface area (Å²) in [5, 5.41) is 4.69. The molecular weight excluding hydrogens is 182 g/mol. The summed E-state index contributed by atoms with van der Waals surface area (Å²) < 4.78 is 0. The van der Waals surface area contributed by atoms with Crippen molar-refractivity contribution < 1.29 is 0 Å². The molecule has 13 heavy (non-hydrogen) atoms. The molecule has 1 atom stereocenters. The molecule has 1 fully saturated rings. The molecule has 1 aliphatic rings. The van der Waals surface area contributed by atoms with Crippen molar-refractivity contribution in [3.8, 4) is 0 Å². The van der Waals surface area contributed by atoms with Crippen molar-refractivity contribution in [3.63, 3.8) is 0 Å². The van der Waals surface area contributed by atoms with E-state index in [0.717, 1.165) is 6.54 Å². The van der Waals surface area contributed by atoms with E-state index < -0.39 is 0 Å². The molecule has 1 aromatic heterocycles. The number of piperidine rings is 1. The van der Waals surface area contributed by atoms with Gasteiger partial charge < -0.3 is 11.1 Å². The second-order valence-electron chi connectivity index (χ2n) is 3.37. The Labute approximate surface area is 82.4 Å². The first kappa shape index (κ1) is 9.12. The Morgan fingerprint density at radius 1 is 1.62 bits per heavy atom. The van der Waals surface area contributed by atoms with E-state index in [0.29, 0.717) is 12.6 Å². The van der Waals surface area contributed by atoms with Crippen LogP contribution in [0.2, 0.25) is 0 Å². The number of nitrogens with zero attached hydrogens (tertiary/aromatic N) is 1. The van der Waals surface area contributed by atoms with Crippen molar-refractivity contribution in [1.82, 2.24) is 10.3 Å². The van der Waals surface area contributed by atoms with Gasteiger partial charge in [0.15, 0.2) is 0 Å². The largest absolute Gasteiger partial charge is 0.326 e. The van der Waals surface area contributed by atoms with Crippen LogP contribution in [0.3, 0.4) is 0 Å². The highest BCUT2D eigenvalue weighted by molar-refractivity contribution is 7.11. The minimum Gasteiger partial charge on any atom is -0.326 e. The van der Waals surface area contributed by atoms with Crippen LogP contribution in [0.4, 0.5) is 0 Å². The lowest BCUT2D eigenvalue weighted by Crippen LogP contribution is -2.26. The van der Waals surface area contributed by atoms with E-state index in [-0.39, 0.29) is 0 Å². The topological polar surface area (TPSA) is 50.9 Å². The average Bonchev–Trinajstić information content (AvgIpc) is 2.67. The third kappa shape index (κ3) is 2.07. The van der Waals surface area contributed by atoms with E-state index in [2.05, 4.69) is 10.3 Å². The molecule has 0 saturated carbocycles. The van der Waals surface area contributed by atoms with Gasteiger partial charge in [0, 0.05) is 17.6 Å². The fraction of sp³-hybridized carbons (Fsp3) is 0.667. The highest BCUT2D eigenvalue weighted by atomic mass is 32.1. The number of thiazole rings is 1. The minimum absolute atomic E-state index is 0.485. The minimum atomic E-state index is 0.485. The van der Waals surface area contributed by atoms with Crippen LogP contribution in [0.15, 0.2) is 6.20 Å². The molecule has 0 aliphatic carbocycles. The molecule has 1 aromatic rings. The van der Waals surface area contributed by atoms with Gasteiger partial charge in [-0.3, -0.25) is 0 Å². The Hall–Kier alpha value is -0.450. The van der Waals surface area contributed by atoms with Gasteiger partial charge in [-0.25, -0.2) is 4.98 Å². The second kappa shape index (κ2) is 4.17. The molecule has 0 spiro atoms. The SMILES string of the molecule is NCc1cnc(C2CCCCN2)s1. The Kier molecular flexibility index (Phi) is 2.93. The smallest absolute Gasteiger partial charge is 0.110 e. The van der Waals surface area contributed by atoms with Crippen LogP contribution < -0.4 is 11.1 Å². The maximum atomic E-state index is 5.54. The molecule has 0 radical (unpaired) electrons. The molecule has 0 bridgehead atoms. The van der Waals surface area contributed by atoms with E-state index in [1.165, 1.54) is 29.1 Å². The van der Waals surface area contributed by atoms with Crippen molar-refractivity contribution in [2.75, 3.05) is 6.54 Å². The molecule has 1 aliphatic heterocycles. The summed E-state index contributed by atoms with van der Waals surface area (Å²) in [5.74, 6) is 0. The highest BCUT2D eigenvalue weighted by Gasteiger charge is 2.17. The van der Waals surface area contributed by atoms with E-state index in [9.17, 15) is 0 Å². The molecule has 2 heterocycles. The summed E-state index contributed by atoms with van der Waals surface area (Å²) in [4.78, 5) is 5.57. The Morgan fingerprint density at radius 3 is 3.15 bits per heavy atom. The molecule has 1 unspecified atom stereocenters. The monoisotopic (exact) mass is 197 g/mol. The first-order chi connectivity index (χ1) is 6.40. The van der Waals surface area contributed by atoms with Gasteiger partial charge in [-0.05, 0) is 19.4 Å². The van der Waals surface area contributed by atoms with Gasteiger partial charge in [0.2, 0.25) is 0 Å². The molecule has 4 heteroatoms. The summed E-state index contributed by atoms with van der Waals surface area (Å²) >= 11 is 1.74. The van der Waals surface area contributed by atoms with Crippen LogP contribution in [-0.2, 0) is 6.54 Å². The van der Waals surface area contributed by atoms with Gasteiger partial charge in [0.25, 0.3) is 0 Å². The molecular formula is C9H15N3S. The quantitative estimate of drug-likeness (QED) is 0.754. The first-order valence-electron chi connectivity index (χ1n) is 4.78. The lowest BCUT2D eigenvalue weighted by molar-refractivity contribution is 0.411. The highest BCUT2D eigenvalue weighted by Crippen LogP contribution is 2.26. The van der Waals surface area contributed by atoms with Crippen LogP contribution in [0, 0.1) is 0 Å². The zero-order valence-electron chi connectivity index (χ0n) is 7.62. The van der Waals surface area contributed by atoms with Gasteiger partial charge in [0.1, 0.15) is 5.01 Å². The summed E-state index contributed by atoms with van der Waals surface area (Å²) in [6, 6.07) is 0.485. The zero-order chi connectivity index (χ0) is 9.10. The Balaban J connectivity index is 2.05. The van der Waals surface area contributed by atoms with E-state index in [4.69, 9.17) is 5.73 Å². The van der Waals surface area contributed by atoms with E-state index in [1.54, 1.807) is 11.3 Å². The third-order valence-corrected chi connectivity index (χ3v) is 3.51. The maximum Gasteiger partial charge on any atom is 0.110 e. The third-order valence-electron chi connectivity index (χ3n) is 2.38. The Bertz CT molecular complexity index is 266. The van der Waals surface area contributed by atoms with Gasteiger partial charge in [0.05, 0.1) is 6.04 Å². The van der Waals surface area contributed by atoms with Crippen molar-refractivity contribution in [2.45, 2.75) is 31.8 Å². The van der Waals surface area contributed by atoms with Crippen molar-refractivity contribution in [2.24, 2.45) is 5.73 Å². The van der Waals surface area contributed by atoms with Crippen LogP contribution in [0.1, 0.15) is 35.2 Å². The number of aromatic nitrogens is 1. The zero-order valence-corrected chi connectivity index (χ0v) is 8.44. The summed E-state index contributed by atoms with van der Waals surface area (Å²) in [6.45, 7) is 1.74. The normalized spacial score (nSPS) is 23.3. The molecule has 3 nitrogen and oxygen atoms in total. The summed E-state index contributed by atoms with van der Waals surface area (Å²) in [5.41, 5.74) is 5.54. The number of rotatable bonds is 2. The number of hydrogen-bond acceptors (Lipinski definition) is 4. The second-order valence-corrected chi connectivity index (χ2v) is 4.52. The van der Waals surface area contributed by atoms with Gasteiger partial charge in [-0.2, -0.15) is 0 Å². The average molecular weight is 197 g/mol. The van der Waals surface area contributed by atoms with E-state index >= 15 is 0 Å². The van der Waals surface area contributed by atoms with Crippen LogP contribution >= 0.6 is 11.3 Å². The maximum absolute atomic E-state index is 5.54.